The second kappa shape index (κ2) is 9.39. The number of ether oxygens (including phenoxy) is 1. The van der Waals surface area contributed by atoms with Crippen LogP contribution < -0.4 is 10.6 Å². The van der Waals surface area contributed by atoms with Crippen molar-refractivity contribution in [1.82, 2.24) is 0 Å². The minimum Gasteiger partial charge on any atom is -0.450 e. The van der Waals surface area contributed by atoms with Crippen molar-refractivity contribution in [2.24, 2.45) is 0 Å². The SMILES string of the molecule is CCOC(=O)Nc1cccc(NC(=O)c2ccccc2-c2ccccc2C#N)c1C. The fourth-order valence-electron chi connectivity index (χ4n) is 3.10. The zero-order chi connectivity index (χ0) is 21.5. The second-order valence-corrected chi connectivity index (χ2v) is 6.48. The maximum Gasteiger partial charge on any atom is 0.411 e. The lowest BCUT2D eigenvalue weighted by Crippen LogP contribution is -2.17. The molecule has 3 aromatic carbocycles. The number of hydrogen-bond acceptors (Lipinski definition) is 4. The standard InChI is InChI=1S/C24H21N3O3/c1-3-30-24(29)27-22-14-8-13-21(16(22)2)26-23(28)20-12-7-6-11-19(20)18-10-5-4-9-17(18)15-25/h4-14H,3H2,1-2H3,(H,26,28)(H,27,29). The Morgan fingerprint density at radius 2 is 1.53 bits per heavy atom. The number of amides is 2. The molecule has 0 fully saturated rings. The van der Waals surface area contributed by atoms with Crippen LogP contribution in [0.2, 0.25) is 0 Å². The van der Waals surface area contributed by atoms with Crippen molar-refractivity contribution < 1.29 is 14.3 Å². The molecule has 0 saturated heterocycles. The highest BCUT2D eigenvalue weighted by Gasteiger charge is 2.16. The molecule has 0 saturated carbocycles. The highest BCUT2D eigenvalue weighted by Crippen LogP contribution is 2.29. The topological polar surface area (TPSA) is 91.2 Å². The Bertz CT molecular complexity index is 1130. The van der Waals surface area contributed by atoms with E-state index in [9.17, 15) is 14.9 Å². The second-order valence-electron chi connectivity index (χ2n) is 6.48. The molecule has 30 heavy (non-hydrogen) atoms. The summed E-state index contributed by atoms with van der Waals surface area (Å²) in [5, 5.41) is 15.0. The van der Waals surface area contributed by atoms with Gasteiger partial charge in [-0.3, -0.25) is 10.1 Å². The van der Waals surface area contributed by atoms with Crippen molar-refractivity contribution in [2.75, 3.05) is 17.2 Å². The lowest BCUT2D eigenvalue weighted by molar-refractivity contribution is 0.102. The Kier molecular flexibility index (Phi) is 6.46. The first-order valence-corrected chi connectivity index (χ1v) is 9.48. The number of nitrogens with one attached hydrogen (secondary N) is 2. The highest BCUT2D eigenvalue weighted by atomic mass is 16.5. The van der Waals surface area contributed by atoms with E-state index in [0.717, 1.165) is 0 Å². The van der Waals surface area contributed by atoms with Gasteiger partial charge in [-0.2, -0.15) is 5.26 Å². The number of rotatable bonds is 5. The van der Waals surface area contributed by atoms with Crippen molar-refractivity contribution in [3.63, 3.8) is 0 Å². The van der Waals surface area contributed by atoms with Crippen LogP contribution in [-0.4, -0.2) is 18.6 Å². The van der Waals surface area contributed by atoms with Crippen LogP contribution >= 0.6 is 0 Å². The van der Waals surface area contributed by atoms with Gasteiger partial charge in [0.15, 0.2) is 0 Å². The molecule has 6 nitrogen and oxygen atoms in total. The molecule has 6 heteroatoms. The van der Waals surface area contributed by atoms with Crippen molar-refractivity contribution in [3.8, 4) is 17.2 Å². The summed E-state index contributed by atoms with van der Waals surface area (Å²) in [7, 11) is 0. The molecule has 0 atom stereocenters. The Morgan fingerprint density at radius 1 is 0.900 bits per heavy atom. The van der Waals surface area contributed by atoms with Crippen molar-refractivity contribution in [1.29, 1.82) is 5.26 Å². The number of anilines is 2. The zero-order valence-electron chi connectivity index (χ0n) is 16.7. The zero-order valence-corrected chi connectivity index (χ0v) is 16.7. The number of hydrogen-bond donors (Lipinski definition) is 2. The van der Waals surface area contributed by atoms with Crippen molar-refractivity contribution in [3.05, 3.63) is 83.4 Å². The van der Waals surface area contributed by atoms with Gasteiger partial charge in [0.25, 0.3) is 5.91 Å². The van der Waals surface area contributed by atoms with Crippen LogP contribution in [0, 0.1) is 18.3 Å². The van der Waals surface area contributed by atoms with Crippen LogP contribution in [0.4, 0.5) is 16.2 Å². The van der Waals surface area contributed by atoms with E-state index in [1.807, 2.05) is 24.3 Å². The largest absolute Gasteiger partial charge is 0.450 e. The first-order chi connectivity index (χ1) is 14.5. The normalized spacial score (nSPS) is 10.0. The number of carbonyl (C=O) groups excluding carboxylic acids is 2. The van der Waals surface area contributed by atoms with Gasteiger partial charge >= 0.3 is 6.09 Å². The molecule has 3 rings (SSSR count). The van der Waals surface area contributed by atoms with Gasteiger partial charge < -0.3 is 10.1 Å². The van der Waals surface area contributed by atoms with Crippen LogP contribution in [0.3, 0.4) is 0 Å². The minimum atomic E-state index is -0.553. The summed E-state index contributed by atoms with van der Waals surface area (Å²) < 4.78 is 4.91. The average molecular weight is 399 g/mol. The molecule has 0 aromatic heterocycles. The maximum atomic E-state index is 13.1. The summed E-state index contributed by atoms with van der Waals surface area (Å²) in [6.07, 6.45) is -0.553. The average Bonchev–Trinajstić information content (AvgIpc) is 2.76. The first-order valence-electron chi connectivity index (χ1n) is 9.48. The monoisotopic (exact) mass is 399 g/mol. The summed E-state index contributed by atoms with van der Waals surface area (Å²) in [5.74, 6) is -0.310. The van der Waals surface area contributed by atoms with E-state index in [1.165, 1.54) is 0 Å². The van der Waals surface area contributed by atoms with Crippen LogP contribution in [0.1, 0.15) is 28.4 Å². The van der Waals surface area contributed by atoms with Gasteiger partial charge in [-0.1, -0.05) is 42.5 Å². The summed E-state index contributed by atoms with van der Waals surface area (Å²) >= 11 is 0. The molecule has 0 aliphatic rings. The third kappa shape index (κ3) is 4.47. The quantitative estimate of drug-likeness (QED) is 0.605. The van der Waals surface area contributed by atoms with Gasteiger partial charge in [0.1, 0.15) is 0 Å². The molecule has 0 bridgehead atoms. The summed E-state index contributed by atoms with van der Waals surface area (Å²) in [6.45, 7) is 3.79. The lowest BCUT2D eigenvalue weighted by atomic mass is 9.95. The molecule has 0 aliphatic carbocycles. The minimum absolute atomic E-state index is 0.266. The molecule has 3 aromatic rings. The smallest absolute Gasteiger partial charge is 0.411 e. The molecule has 2 amide bonds. The predicted octanol–water partition coefficient (Wildman–Crippen LogP) is 5.35. The van der Waals surface area contributed by atoms with Gasteiger partial charge in [0.2, 0.25) is 0 Å². The summed E-state index contributed by atoms with van der Waals surface area (Å²) in [5.41, 5.74) is 4.13. The first kappa shape index (κ1) is 20.6. The fraction of sp³-hybridized carbons (Fsp3) is 0.125. The van der Waals surface area contributed by atoms with E-state index in [-0.39, 0.29) is 12.5 Å². The van der Waals surface area contributed by atoms with Crippen LogP contribution in [0.25, 0.3) is 11.1 Å². The molecule has 0 heterocycles. The molecule has 0 aliphatic heterocycles. The lowest BCUT2D eigenvalue weighted by Gasteiger charge is -2.15. The molecular formula is C24H21N3O3. The van der Waals surface area contributed by atoms with E-state index in [0.29, 0.717) is 39.2 Å². The van der Waals surface area contributed by atoms with Gasteiger partial charge in [-0.25, -0.2) is 4.79 Å². The van der Waals surface area contributed by atoms with E-state index in [2.05, 4.69) is 16.7 Å². The Morgan fingerprint density at radius 3 is 2.23 bits per heavy atom. The molecule has 2 N–H and O–H groups in total. The molecule has 150 valence electrons. The van der Waals surface area contributed by atoms with Crippen molar-refractivity contribution >= 4 is 23.4 Å². The van der Waals surface area contributed by atoms with Crippen LogP contribution in [-0.2, 0) is 4.74 Å². The number of benzene rings is 3. The van der Waals surface area contributed by atoms with Gasteiger partial charge in [-0.05, 0) is 49.2 Å². The molecule has 0 spiro atoms. The summed E-state index contributed by atoms with van der Waals surface area (Å²) in [6, 6.07) is 21.7. The Labute approximate surface area is 175 Å². The van der Waals surface area contributed by atoms with Crippen molar-refractivity contribution in [2.45, 2.75) is 13.8 Å². The number of nitriles is 1. The molecule has 0 unspecified atom stereocenters. The number of nitrogens with zero attached hydrogens (tertiary/aromatic N) is 1. The number of carbonyl (C=O) groups is 2. The Balaban J connectivity index is 1.92. The predicted molar refractivity (Wildman–Crippen MR) is 116 cm³/mol. The fourth-order valence-corrected chi connectivity index (χ4v) is 3.10. The maximum absolute atomic E-state index is 13.1. The highest BCUT2D eigenvalue weighted by molar-refractivity contribution is 6.09. The van der Waals surface area contributed by atoms with E-state index in [4.69, 9.17) is 4.74 Å². The Hall–Kier alpha value is -4.11. The van der Waals surface area contributed by atoms with Gasteiger partial charge in [-0.15, -0.1) is 0 Å². The van der Waals surface area contributed by atoms with Gasteiger partial charge in [0, 0.05) is 22.5 Å². The van der Waals surface area contributed by atoms with E-state index in [1.54, 1.807) is 56.3 Å². The third-order valence-electron chi connectivity index (χ3n) is 4.60. The van der Waals surface area contributed by atoms with Crippen LogP contribution in [0.5, 0.6) is 0 Å². The molecule has 0 radical (unpaired) electrons. The van der Waals surface area contributed by atoms with E-state index < -0.39 is 6.09 Å². The van der Waals surface area contributed by atoms with Crippen LogP contribution in [0.15, 0.2) is 66.7 Å². The van der Waals surface area contributed by atoms with E-state index >= 15 is 0 Å². The summed E-state index contributed by atoms with van der Waals surface area (Å²) in [4.78, 5) is 24.8. The third-order valence-corrected chi connectivity index (χ3v) is 4.60. The molecular weight excluding hydrogens is 378 g/mol. The van der Waals surface area contributed by atoms with Gasteiger partial charge in [0.05, 0.1) is 18.2 Å².